The molecule has 1 N–H and O–H groups in total. The monoisotopic (exact) mass is 458 g/mol. The summed E-state index contributed by atoms with van der Waals surface area (Å²) in [5.74, 6) is 3.59. The fraction of sp³-hybridized carbons (Fsp3) is 0.625. The maximum atomic E-state index is 4.40. The van der Waals surface area contributed by atoms with Crippen molar-refractivity contribution in [3.63, 3.8) is 0 Å². The molecule has 0 aromatic carbocycles. The molecular weight excluding hydrogens is 431 g/mol. The summed E-state index contributed by atoms with van der Waals surface area (Å²) in [6.45, 7) is 4.69. The van der Waals surface area contributed by atoms with Gasteiger partial charge in [0, 0.05) is 59.0 Å². The van der Waals surface area contributed by atoms with Crippen LogP contribution in [0, 0.1) is 12.8 Å². The van der Waals surface area contributed by atoms with Crippen molar-refractivity contribution in [3.05, 3.63) is 29.6 Å². The minimum absolute atomic E-state index is 0. The summed E-state index contributed by atoms with van der Waals surface area (Å²) >= 11 is 0. The van der Waals surface area contributed by atoms with Gasteiger partial charge in [-0.3, -0.25) is 9.67 Å². The van der Waals surface area contributed by atoms with Crippen LogP contribution < -0.4 is 5.32 Å². The van der Waals surface area contributed by atoms with Gasteiger partial charge in [0.2, 0.25) is 0 Å². The standard InChI is InChI=1S/C16H26N8.HI/c1-12-20-21-15-6-5-13(11-24(12)15)7-18-16(17-2)22(3)9-14-8-19-23(4)10-14;/h8,10,13H,5-7,9,11H2,1-4H3,(H,17,18);1H. The van der Waals surface area contributed by atoms with E-state index < -0.39 is 0 Å². The van der Waals surface area contributed by atoms with Crippen molar-refractivity contribution in [2.24, 2.45) is 18.0 Å². The zero-order valence-corrected chi connectivity index (χ0v) is 17.6. The van der Waals surface area contributed by atoms with Gasteiger partial charge in [0.25, 0.3) is 0 Å². The van der Waals surface area contributed by atoms with Crippen molar-refractivity contribution < 1.29 is 0 Å². The van der Waals surface area contributed by atoms with E-state index in [0.29, 0.717) is 5.92 Å². The molecule has 3 heterocycles. The van der Waals surface area contributed by atoms with E-state index in [0.717, 1.165) is 50.1 Å². The van der Waals surface area contributed by atoms with Gasteiger partial charge in [0.1, 0.15) is 11.6 Å². The highest BCUT2D eigenvalue weighted by atomic mass is 127. The average molecular weight is 458 g/mol. The van der Waals surface area contributed by atoms with Gasteiger partial charge < -0.3 is 14.8 Å². The molecule has 2 aromatic heterocycles. The molecule has 9 heteroatoms. The Morgan fingerprint density at radius 2 is 2.24 bits per heavy atom. The van der Waals surface area contributed by atoms with Crippen molar-refractivity contribution in [2.75, 3.05) is 20.6 Å². The van der Waals surface area contributed by atoms with Gasteiger partial charge in [-0.15, -0.1) is 34.2 Å². The topological polar surface area (TPSA) is 76.2 Å². The van der Waals surface area contributed by atoms with Crippen molar-refractivity contribution >= 4 is 29.9 Å². The lowest BCUT2D eigenvalue weighted by Gasteiger charge is -2.27. The van der Waals surface area contributed by atoms with Gasteiger partial charge in [-0.2, -0.15) is 5.10 Å². The van der Waals surface area contributed by atoms with E-state index >= 15 is 0 Å². The molecule has 0 spiro atoms. The van der Waals surface area contributed by atoms with Crippen LogP contribution in [0.3, 0.4) is 0 Å². The van der Waals surface area contributed by atoms with Gasteiger partial charge in [0.05, 0.1) is 6.20 Å². The molecule has 3 rings (SSSR count). The van der Waals surface area contributed by atoms with Gasteiger partial charge in [0.15, 0.2) is 5.96 Å². The molecule has 0 fully saturated rings. The van der Waals surface area contributed by atoms with Crippen LogP contribution in [0.2, 0.25) is 0 Å². The van der Waals surface area contributed by atoms with Gasteiger partial charge in [-0.25, -0.2) is 0 Å². The highest BCUT2D eigenvalue weighted by molar-refractivity contribution is 14.0. The first-order valence-corrected chi connectivity index (χ1v) is 8.34. The Balaban J connectivity index is 0.00000225. The fourth-order valence-corrected chi connectivity index (χ4v) is 3.22. The average Bonchev–Trinajstić information content (AvgIpc) is 3.14. The summed E-state index contributed by atoms with van der Waals surface area (Å²) in [4.78, 5) is 6.52. The summed E-state index contributed by atoms with van der Waals surface area (Å²) in [7, 11) is 5.80. The van der Waals surface area contributed by atoms with Gasteiger partial charge in [-0.05, 0) is 19.3 Å². The molecule has 8 nitrogen and oxygen atoms in total. The first-order valence-electron chi connectivity index (χ1n) is 8.34. The molecule has 0 saturated heterocycles. The predicted molar refractivity (Wildman–Crippen MR) is 108 cm³/mol. The fourth-order valence-electron chi connectivity index (χ4n) is 3.22. The van der Waals surface area contributed by atoms with E-state index in [9.17, 15) is 0 Å². The van der Waals surface area contributed by atoms with Crippen molar-refractivity contribution in [1.29, 1.82) is 0 Å². The van der Waals surface area contributed by atoms with E-state index in [1.54, 1.807) is 0 Å². The number of fused-ring (bicyclic) bond motifs is 1. The maximum absolute atomic E-state index is 4.40. The Morgan fingerprint density at radius 1 is 1.44 bits per heavy atom. The van der Waals surface area contributed by atoms with E-state index in [1.165, 1.54) is 5.56 Å². The quantitative estimate of drug-likeness (QED) is 0.424. The van der Waals surface area contributed by atoms with E-state index in [2.05, 4.69) is 35.1 Å². The van der Waals surface area contributed by atoms with Crippen LogP contribution in [-0.2, 0) is 26.6 Å². The minimum Gasteiger partial charge on any atom is -0.356 e. The number of hydrogen-bond acceptors (Lipinski definition) is 4. The molecule has 0 aliphatic carbocycles. The lowest BCUT2D eigenvalue weighted by Crippen LogP contribution is -2.42. The predicted octanol–water partition coefficient (Wildman–Crippen LogP) is 1.21. The SMILES string of the molecule is CN=C(NCC1CCc2nnc(C)n2C1)N(C)Cc1cnn(C)c1.I. The summed E-state index contributed by atoms with van der Waals surface area (Å²) < 4.78 is 4.05. The largest absolute Gasteiger partial charge is 0.356 e. The van der Waals surface area contributed by atoms with Crippen molar-refractivity contribution in [1.82, 2.24) is 34.8 Å². The number of nitrogens with one attached hydrogen (secondary N) is 1. The van der Waals surface area contributed by atoms with Crippen LogP contribution in [0.4, 0.5) is 0 Å². The summed E-state index contributed by atoms with van der Waals surface area (Å²) in [5, 5.41) is 16.1. The third kappa shape index (κ3) is 4.71. The van der Waals surface area contributed by atoms with Crippen molar-refractivity contribution in [2.45, 2.75) is 32.9 Å². The van der Waals surface area contributed by atoms with Crippen LogP contribution in [0.1, 0.15) is 23.6 Å². The first kappa shape index (κ1) is 19.7. The second-order valence-corrected chi connectivity index (χ2v) is 6.49. The van der Waals surface area contributed by atoms with E-state index in [1.807, 2.05) is 45.1 Å². The Kier molecular flexibility index (Phi) is 6.79. The van der Waals surface area contributed by atoms with Crippen LogP contribution in [0.25, 0.3) is 0 Å². The molecular formula is C16H27IN8. The number of halogens is 1. The van der Waals surface area contributed by atoms with Crippen molar-refractivity contribution in [3.8, 4) is 0 Å². The minimum atomic E-state index is 0. The normalized spacial score (nSPS) is 17.0. The molecule has 1 atom stereocenters. The molecule has 1 aliphatic rings. The summed E-state index contributed by atoms with van der Waals surface area (Å²) in [6.07, 6.45) is 6.05. The second kappa shape index (κ2) is 8.63. The van der Waals surface area contributed by atoms with E-state index in [-0.39, 0.29) is 24.0 Å². The van der Waals surface area contributed by atoms with Crippen LogP contribution in [0.15, 0.2) is 17.4 Å². The maximum Gasteiger partial charge on any atom is 0.193 e. The van der Waals surface area contributed by atoms with E-state index in [4.69, 9.17) is 0 Å². The summed E-state index contributed by atoms with van der Waals surface area (Å²) in [6, 6.07) is 0. The number of rotatable bonds is 4. The Bertz CT molecular complexity index is 720. The molecule has 2 aromatic rings. The van der Waals surface area contributed by atoms with Crippen LogP contribution in [0.5, 0.6) is 0 Å². The Labute approximate surface area is 165 Å². The highest BCUT2D eigenvalue weighted by Crippen LogP contribution is 2.19. The summed E-state index contributed by atoms with van der Waals surface area (Å²) in [5.41, 5.74) is 1.17. The number of nitrogens with zero attached hydrogens (tertiary/aromatic N) is 7. The zero-order chi connectivity index (χ0) is 17.1. The molecule has 138 valence electrons. The molecule has 0 bridgehead atoms. The highest BCUT2D eigenvalue weighted by Gasteiger charge is 2.22. The molecule has 0 saturated carbocycles. The zero-order valence-electron chi connectivity index (χ0n) is 15.3. The Morgan fingerprint density at radius 3 is 2.92 bits per heavy atom. The number of guanidine groups is 1. The number of aromatic nitrogens is 5. The smallest absolute Gasteiger partial charge is 0.193 e. The first-order chi connectivity index (χ1) is 11.6. The van der Waals surface area contributed by atoms with Crippen LogP contribution in [-0.4, -0.2) is 56.0 Å². The lowest BCUT2D eigenvalue weighted by molar-refractivity contribution is 0.352. The third-order valence-electron chi connectivity index (χ3n) is 4.53. The molecule has 0 radical (unpaired) electrons. The second-order valence-electron chi connectivity index (χ2n) is 6.49. The molecule has 1 unspecified atom stereocenters. The Hall–Kier alpha value is -1.65. The molecule has 0 amide bonds. The molecule has 25 heavy (non-hydrogen) atoms. The number of hydrogen-bond donors (Lipinski definition) is 1. The number of aryl methyl sites for hydroxylation is 3. The number of aliphatic imine (C=N–C) groups is 1. The van der Waals surface area contributed by atoms with Crippen LogP contribution >= 0.6 is 24.0 Å². The molecule has 1 aliphatic heterocycles. The van der Waals surface area contributed by atoms with Gasteiger partial charge in [-0.1, -0.05) is 0 Å². The lowest BCUT2D eigenvalue weighted by atomic mass is 9.99. The third-order valence-corrected chi connectivity index (χ3v) is 4.53. The van der Waals surface area contributed by atoms with Gasteiger partial charge >= 0.3 is 0 Å².